The molecule has 0 spiro atoms. The summed E-state index contributed by atoms with van der Waals surface area (Å²) in [5.74, 6) is 0.273. The predicted molar refractivity (Wildman–Crippen MR) is 105 cm³/mol. The number of aryl methyl sites for hydroxylation is 1. The Morgan fingerprint density at radius 1 is 1.07 bits per heavy atom. The minimum atomic E-state index is 0.0707. The van der Waals surface area contributed by atoms with Crippen LogP contribution in [0.5, 0.6) is 0 Å². The van der Waals surface area contributed by atoms with E-state index in [0.29, 0.717) is 26.2 Å². The third kappa shape index (κ3) is 3.84. The Balaban J connectivity index is 1.50. The molecule has 0 aromatic heterocycles. The Labute approximate surface area is 164 Å². The molecule has 6 nitrogen and oxygen atoms in total. The number of benzene rings is 1. The van der Waals surface area contributed by atoms with Crippen LogP contribution in [-0.2, 0) is 14.3 Å². The second-order valence-electron chi connectivity index (χ2n) is 7.07. The van der Waals surface area contributed by atoms with Crippen molar-refractivity contribution in [3.8, 4) is 0 Å². The summed E-state index contributed by atoms with van der Waals surface area (Å²) < 4.78 is 7.24. The smallest absolute Gasteiger partial charge is 0.274 e. The van der Waals surface area contributed by atoms with Crippen LogP contribution in [0.1, 0.15) is 24.8 Å². The molecule has 3 heterocycles. The lowest BCUT2D eigenvalue weighted by Crippen LogP contribution is -2.45. The first-order chi connectivity index (χ1) is 13.1. The minimum Gasteiger partial charge on any atom is -0.378 e. The van der Waals surface area contributed by atoms with Crippen molar-refractivity contribution in [1.82, 2.24) is 9.21 Å². The fourth-order valence-electron chi connectivity index (χ4n) is 3.79. The third-order valence-electron chi connectivity index (χ3n) is 5.21. The minimum absolute atomic E-state index is 0.0707. The van der Waals surface area contributed by atoms with E-state index >= 15 is 0 Å². The number of hydrogen-bond donors (Lipinski definition) is 0. The van der Waals surface area contributed by atoms with Crippen molar-refractivity contribution >= 4 is 29.4 Å². The van der Waals surface area contributed by atoms with Crippen LogP contribution in [0.25, 0.3) is 0 Å². The molecule has 0 aliphatic carbocycles. The molecule has 144 valence electrons. The van der Waals surface area contributed by atoms with Gasteiger partial charge in [0.2, 0.25) is 5.91 Å². The number of morpholine rings is 1. The molecule has 1 aromatic rings. The zero-order chi connectivity index (χ0) is 18.8. The Hall–Kier alpha value is -1.99. The standard InChI is InChI=1S/C20H25N3O3S/c1-15-14-16(27-23-9-3-5-19(23)24)6-7-17(15)22-8-2-4-18(20(22)25)21-10-12-26-13-11-21/h4,6-7,14H,2-3,5,8-13H2,1H3. The summed E-state index contributed by atoms with van der Waals surface area (Å²) in [7, 11) is 0. The highest BCUT2D eigenvalue weighted by Gasteiger charge is 2.29. The zero-order valence-corrected chi connectivity index (χ0v) is 16.5. The first-order valence-corrected chi connectivity index (χ1v) is 10.3. The van der Waals surface area contributed by atoms with Gasteiger partial charge in [-0.05, 0) is 55.5 Å². The van der Waals surface area contributed by atoms with E-state index in [2.05, 4.69) is 17.0 Å². The SMILES string of the molecule is Cc1cc(SN2CCCC2=O)ccc1N1CCC=C(N2CCOCC2)C1=O. The van der Waals surface area contributed by atoms with Gasteiger partial charge in [-0.25, -0.2) is 0 Å². The normalized spacial score (nSPS) is 21.1. The van der Waals surface area contributed by atoms with Crippen molar-refractivity contribution in [2.24, 2.45) is 0 Å². The maximum absolute atomic E-state index is 13.1. The van der Waals surface area contributed by atoms with Crippen molar-refractivity contribution in [1.29, 1.82) is 0 Å². The van der Waals surface area contributed by atoms with E-state index in [0.717, 1.165) is 54.3 Å². The largest absolute Gasteiger partial charge is 0.378 e. The maximum Gasteiger partial charge on any atom is 0.274 e. The van der Waals surface area contributed by atoms with Gasteiger partial charge in [-0.3, -0.25) is 13.9 Å². The number of ether oxygens (including phenoxy) is 1. The summed E-state index contributed by atoms with van der Waals surface area (Å²) in [5.41, 5.74) is 2.81. The van der Waals surface area contributed by atoms with E-state index in [1.165, 1.54) is 11.9 Å². The zero-order valence-electron chi connectivity index (χ0n) is 15.6. The second-order valence-corrected chi connectivity index (χ2v) is 8.17. The van der Waals surface area contributed by atoms with Gasteiger partial charge in [-0.1, -0.05) is 6.08 Å². The van der Waals surface area contributed by atoms with E-state index in [1.54, 1.807) is 0 Å². The Kier molecular flexibility index (Phi) is 5.41. The molecule has 0 bridgehead atoms. The average Bonchev–Trinajstić information content (AvgIpc) is 3.08. The molecule has 0 radical (unpaired) electrons. The summed E-state index contributed by atoms with van der Waals surface area (Å²) in [6.07, 6.45) is 4.49. The summed E-state index contributed by atoms with van der Waals surface area (Å²) in [6.45, 7) is 6.42. The summed E-state index contributed by atoms with van der Waals surface area (Å²) >= 11 is 1.50. The van der Waals surface area contributed by atoms with Crippen LogP contribution in [0, 0.1) is 6.92 Å². The molecule has 7 heteroatoms. The molecule has 27 heavy (non-hydrogen) atoms. The number of hydrogen-bond acceptors (Lipinski definition) is 5. The van der Waals surface area contributed by atoms with Gasteiger partial charge in [-0.2, -0.15) is 0 Å². The van der Waals surface area contributed by atoms with E-state index < -0.39 is 0 Å². The molecule has 1 aromatic carbocycles. The van der Waals surface area contributed by atoms with Gasteiger partial charge in [-0.15, -0.1) is 0 Å². The quantitative estimate of drug-likeness (QED) is 0.744. The molecule has 2 fully saturated rings. The van der Waals surface area contributed by atoms with Crippen LogP contribution in [0.4, 0.5) is 5.69 Å². The average molecular weight is 388 g/mol. The lowest BCUT2D eigenvalue weighted by atomic mass is 10.1. The lowest BCUT2D eigenvalue weighted by Gasteiger charge is -2.36. The number of rotatable bonds is 4. The molecule has 3 aliphatic rings. The van der Waals surface area contributed by atoms with Gasteiger partial charge < -0.3 is 14.5 Å². The maximum atomic E-state index is 13.1. The lowest BCUT2D eigenvalue weighted by molar-refractivity contribution is -0.123. The van der Waals surface area contributed by atoms with Gasteiger partial charge in [0.25, 0.3) is 5.91 Å². The van der Waals surface area contributed by atoms with Crippen molar-refractivity contribution in [2.75, 3.05) is 44.3 Å². The van der Waals surface area contributed by atoms with Gasteiger partial charge in [0.15, 0.2) is 0 Å². The molecular formula is C20H25N3O3S. The molecule has 0 atom stereocenters. The number of amides is 2. The molecule has 0 N–H and O–H groups in total. The molecule has 2 saturated heterocycles. The third-order valence-corrected chi connectivity index (χ3v) is 6.28. The Morgan fingerprint density at radius 2 is 1.89 bits per heavy atom. The fourth-order valence-corrected chi connectivity index (χ4v) is 4.82. The van der Waals surface area contributed by atoms with Gasteiger partial charge in [0, 0.05) is 43.2 Å². The molecule has 0 unspecified atom stereocenters. The van der Waals surface area contributed by atoms with Crippen LogP contribution in [0.2, 0.25) is 0 Å². The van der Waals surface area contributed by atoms with Gasteiger partial charge in [0.1, 0.15) is 0 Å². The number of carbonyl (C=O) groups excluding carboxylic acids is 2. The van der Waals surface area contributed by atoms with Crippen LogP contribution in [-0.4, -0.2) is 60.4 Å². The molecule has 3 aliphatic heterocycles. The number of nitrogens with zero attached hydrogens (tertiary/aromatic N) is 3. The predicted octanol–water partition coefficient (Wildman–Crippen LogP) is 2.58. The second kappa shape index (κ2) is 7.94. The fraction of sp³-hybridized carbons (Fsp3) is 0.500. The van der Waals surface area contributed by atoms with Crippen LogP contribution in [0.3, 0.4) is 0 Å². The Morgan fingerprint density at radius 3 is 2.59 bits per heavy atom. The highest BCUT2D eigenvalue weighted by molar-refractivity contribution is 7.97. The Bertz CT molecular complexity index is 774. The monoisotopic (exact) mass is 387 g/mol. The van der Waals surface area contributed by atoms with Crippen molar-refractivity contribution < 1.29 is 14.3 Å². The molecule has 0 saturated carbocycles. The van der Waals surface area contributed by atoms with Crippen LogP contribution in [0.15, 0.2) is 34.9 Å². The molecule has 2 amide bonds. The molecule has 4 rings (SSSR count). The van der Waals surface area contributed by atoms with E-state index in [1.807, 2.05) is 28.3 Å². The van der Waals surface area contributed by atoms with Crippen molar-refractivity contribution in [2.45, 2.75) is 31.1 Å². The van der Waals surface area contributed by atoms with Gasteiger partial charge >= 0.3 is 0 Å². The first kappa shape index (κ1) is 18.4. The summed E-state index contributed by atoms with van der Waals surface area (Å²) in [6, 6.07) is 6.10. The van der Waals surface area contributed by atoms with Crippen molar-refractivity contribution in [3.05, 3.63) is 35.5 Å². The van der Waals surface area contributed by atoms with E-state index in [-0.39, 0.29) is 11.8 Å². The number of carbonyl (C=O) groups is 2. The highest BCUT2D eigenvalue weighted by Crippen LogP contribution is 2.32. The summed E-state index contributed by atoms with van der Waals surface area (Å²) in [4.78, 5) is 30.0. The summed E-state index contributed by atoms with van der Waals surface area (Å²) in [5, 5.41) is 0. The van der Waals surface area contributed by atoms with Gasteiger partial charge in [0.05, 0.1) is 18.9 Å². The van der Waals surface area contributed by atoms with Crippen LogP contribution >= 0.6 is 11.9 Å². The van der Waals surface area contributed by atoms with E-state index in [4.69, 9.17) is 4.74 Å². The number of anilines is 1. The topological polar surface area (TPSA) is 53.1 Å². The van der Waals surface area contributed by atoms with Crippen LogP contribution < -0.4 is 4.90 Å². The highest BCUT2D eigenvalue weighted by atomic mass is 32.2. The first-order valence-electron chi connectivity index (χ1n) is 9.57. The molecular weight excluding hydrogens is 362 g/mol. The van der Waals surface area contributed by atoms with E-state index in [9.17, 15) is 9.59 Å². The van der Waals surface area contributed by atoms with Crippen molar-refractivity contribution in [3.63, 3.8) is 0 Å².